The average molecular weight is 406 g/mol. The van der Waals surface area contributed by atoms with Gasteiger partial charge in [0.2, 0.25) is 5.91 Å². The van der Waals surface area contributed by atoms with E-state index in [-0.39, 0.29) is 11.8 Å². The molecule has 2 aromatic carbocycles. The molecule has 0 unspecified atom stereocenters. The van der Waals surface area contributed by atoms with Crippen LogP contribution in [0.3, 0.4) is 0 Å². The van der Waals surface area contributed by atoms with Crippen LogP contribution in [0.25, 0.3) is 0 Å². The van der Waals surface area contributed by atoms with Gasteiger partial charge in [-0.2, -0.15) is 0 Å². The number of benzene rings is 2. The summed E-state index contributed by atoms with van der Waals surface area (Å²) in [4.78, 5) is 37.9. The number of fused-ring (bicyclic) bond motifs is 1. The summed E-state index contributed by atoms with van der Waals surface area (Å²) in [6.07, 6.45) is 2.43. The first-order valence-corrected chi connectivity index (χ1v) is 9.57. The minimum Gasteiger partial charge on any atom is -0.273 e. The fourth-order valence-corrected chi connectivity index (χ4v) is 4.17. The number of anilines is 2. The Hall–Kier alpha value is -3.22. The number of amides is 2. The van der Waals surface area contributed by atoms with Crippen LogP contribution in [0.2, 0.25) is 5.02 Å². The first kappa shape index (κ1) is 17.8. The molecule has 2 saturated heterocycles. The molecular weight excluding hydrogens is 390 g/mol. The molecule has 3 heterocycles. The minimum absolute atomic E-state index is 0.303. The van der Waals surface area contributed by atoms with Crippen molar-refractivity contribution >= 4 is 34.8 Å². The Labute approximate surface area is 172 Å². The van der Waals surface area contributed by atoms with Crippen molar-refractivity contribution in [3.8, 4) is 0 Å². The molecule has 3 aromatic rings. The van der Waals surface area contributed by atoms with Gasteiger partial charge in [0.05, 0.1) is 17.4 Å². The van der Waals surface area contributed by atoms with E-state index in [2.05, 4.69) is 4.98 Å². The number of pyridine rings is 1. The summed E-state index contributed by atoms with van der Waals surface area (Å²) in [6, 6.07) is 19.4. The van der Waals surface area contributed by atoms with E-state index >= 15 is 0 Å². The molecule has 2 aliphatic heterocycles. The van der Waals surface area contributed by atoms with Crippen LogP contribution in [0.1, 0.15) is 11.6 Å². The van der Waals surface area contributed by atoms with Crippen LogP contribution in [0.5, 0.6) is 0 Å². The van der Waals surface area contributed by atoms with Crippen molar-refractivity contribution in [3.05, 3.63) is 89.7 Å². The van der Waals surface area contributed by atoms with Crippen molar-refractivity contribution in [1.82, 2.24) is 4.98 Å². The van der Waals surface area contributed by atoms with Crippen LogP contribution < -0.4 is 9.96 Å². The van der Waals surface area contributed by atoms with Gasteiger partial charge in [-0.05, 0) is 48.0 Å². The number of rotatable bonds is 3. The molecule has 144 valence electrons. The van der Waals surface area contributed by atoms with Gasteiger partial charge in [0.15, 0.2) is 6.10 Å². The van der Waals surface area contributed by atoms with Crippen LogP contribution in [-0.2, 0) is 14.4 Å². The quantitative estimate of drug-likeness (QED) is 0.620. The van der Waals surface area contributed by atoms with Crippen LogP contribution in [0.15, 0.2) is 79.1 Å². The molecule has 0 N–H and O–H groups in total. The predicted molar refractivity (Wildman–Crippen MR) is 108 cm³/mol. The number of nitrogens with zero attached hydrogens (tertiary/aromatic N) is 3. The summed E-state index contributed by atoms with van der Waals surface area (Å²) in [6.45, 7) is 0. The molecule has 3 atom stereocenters. The van der Waals surface area contributed by atoms with E-state index in [4.69, 9.17) is 16.4 Å². The predicted octanol–water partition coefficient (Wildman–Crippen LogP) is 3.79. The lowest BCUT2D eigenvalue weighted by molar-refractivity contribution is -0.126. The maximum atomic E-state index is 13.4. The third-order valence-electron chi connectivity index (χ3n) is 5.24. The van der Waals surface area contributed by atoms with E-state index in [1.54, 1.807) is 41.7 Å². The SMILES string of the molecule is O=C1[C@@H]2[C@@H](c3ccncc3)N(c3ccccc3)O[C@H]2C(=O)N1c1cccc(Cl)c1. The van der Waals surface area contributed by atoms with Crippen LogP contribution in [0.4, 0.5) is 11.4 Å². The smallest absolute Gasteiger partial charge is 0.266 e. The second kappa shape index (κ2) is 6.99. The lowest BCUT2D eigenvalue weighted by atomic mass is 9.91. The second-order valence-electron chi connectivity index (χ2n) is 6.93. The Kier molecular flexibility index (Phi) is 4.30. The molecule has 0 bridgehead atoms. The number of halogens is 1. The summed E-state index contributed by atoms with van der Waals surface area (Å²) in [5, 5.41) is 2.12. The number of imide groups is 1. The van der Waals surface area contributed by atoms with Crippen molar-refractivity contribution in [2.45, 2.75) is 12.1 Å². The first-order chi connectivity index (χ1) is 14.1. The average Bonchev–Trinajstić information content (AvgIpc) is 3.26. The topological polar surface area (TPSA) is 62.7 Å². The van der Waals surface area contributed by atoms with Crippen LogP contribution in [-0.4, -0.2) is 22.9 Å². The molecule has 7 heteroatoms. The zero-order valence-electron chi connectivity index (χ0n) is 15.2. The summed E-state index contributed by atoms with van der Waals surface area (Å²) in [5.41, 5.74) is 2.08. The molecule has 0 aliphatic carbocycles. The highest BCUT2D eigenvalue weighted by molar-refractivity contribution is 6.31. The van der Waals surface area contributed by atoms with Gasteiger partial charge in [0.1, 0.15) is 5.92 Å². The van der Waals surface area contributed by atoms with E-state index in [9.17, 15) is 9.59 Å². The number of hydroxylamine groups is 1. The maximum absolute atomic E-state index is 13.4. The van der Waals surface area contributed by atoms with Crippen molar-refractivity contribution in [3.63, 3.8) is 0 Å². The third-order valence-corrected chi connectivity index (χ3v) is 5.48. The molecule has 0 saturated carbocycles. The number of para-hydroxylation sites is 1. The lowest BCUT2D eigenvalue weighted by Gasteiger charge is -2.28. The summed E-state index contributed by atoms with van der Waals surface area (Å²) in [5.74, 6) is -1.37. The van der Waals surface area contributed by atoms with Crippen molar-refractivity contribution in [1.29, 1.82) is 0 Å². The van der Waals surface area contributed by atoms with Gasteiger partial charge in [-0.15, -0.1) is 0 Å². The van der Waals surface area contributed by atoms with Gasteiger partial charge < -0.3 is 0 Å². The third kappa shape index (κ3) is 2.88. The monoisotopic (exact) mass is 405 g/mol. The van der Waals surface area contributed by atoms with E-state index < -0.39 is 18.1 Å². The van der Waals surface area contributed by atoms with Gasteiger partial charge in [-0.1, -0.05) is 35.9 Å². The zero-order chi connectivity index (χ0) is 20.0. The van der Waals surface area contributed by atoms with Gasteiger partial charge in [0.25, 0.3) is 5.91 Å². The normalized spacial score (nSPS) is 23.6. The van der Waals surface area contributed by atoms with Crippen LogP contribution in [0, 0.1) is 5.92 Å². The van der Waals surface area contributed by atoms with Gasteiger partial charge in [-0.25, -0.2) is 9.96 Å². The van der Waals surface area contributed by atoms with E-state index in [0.717, 1.165) is 11.3 Å². The van der Waals surface area contributed by atoms with E-state index in [0.29, 0.717) is 10.7 Å². The highest BCUT2D eigenvalue weighted by Gasteiger charge is 2.60. The van der Waals surface area contributed by atoms with E-state index in [1.807, 2.05) is 42.5 Å². The molecule has 1 aromatic heterocycles. The lowest BCUT2D eigenvalue weighted by Crippen LogP contribution is -2.37. The number of aromatic nitrogens is 1. The van der Waals surface area contributed by atoms with Crippen molar-refractivity contribution in [2.75, 3.05) is 9.96 Å². The van der Waals surface area contributed by atoms with Gasteiger partial charge in [0, 0.05) is 17.4 Å². The second-order valence-corrected chi connectivity index (χ2v) is 7.37. The minimum atomic E-state index is -0.903. The number of carbonyl (C=O) groups excluding carboxylic acids is 2. The van der Waals surface area contributed by atoms with Crippen molar-refractivity contribution < 1.29 is 14.4 Å². The molecule has 2 aliphatic rings. The largest absolute Gasteiger partial charge is 0.273 e. The Balaban J connectivity index is 1.59. The highest BCUT2D eigenvalue weighted by atomic mass is 35.5. The molecule has 5 rings (SSSR count). The molecule has 0 spiro atoms. The van der Waals surface area contributed by atoms with Crippen molar-refractivity contribution in [2.24, 2.45) is 5.92 Å². The van der Waals surface area contributed by atoms with Crippen LogP contribution >= 0.6 is 11.6 Å². The summed E-state index contributed by atoms with van der Waals surface area (Å²) in [7, 11) is 0. The molecule has 6 nitrogen and oxygen atoms in total. The fraction of sp³-hybridized carbons (Fsp3) is 0.136. The van der Waals surface area contributed by atoms with Gasteiger partial charge >= 0.3 is 0 Å². The molecule has 2 fully saturated rings. The Morgan fingerprint density at radius 1 is 0.862 bits per heavy atom. The Morgan fingerprint density at radius 2 is 1.59 bits per heavy atom. The Bertz CT molecular complexity index is 1080. The molecular formula is C22H16ClN3O3. The fourth-order valence-electron chi connectivity index (χ4n) is 3.98. The van der Waals surface area contributed by atoms with E-state index in [1.165, 1.54) is 4.90 Å². The Morgan fingerprint density at radius 3 is 2.31 bits per heavy atom. The van der Waals surface area contributed by atoms with Gasteiger partial charge in [-0.3, -0.25) is 19.4 Å². The standard InChI is InChI=1S/C22H16ClN3O3/c23-15-5-4-8-17(13-15)25-21(27)18-19(14-9-11-24-12-10-14)26(29-20(18)22(25)28)16-6-2-1-3-7-16/h1-13,18-20H/t18-,19-,20-/m1/s1. The highest BCUT2D eigenvalue weighted by Crippen LogP contribution is 2.47. The summed E-state index contributed by atoms with van der Waals surface area (Å²) >= 11 is 6.07. The maximum Gasteiger partial charge on any atom is 0.266 e. The molecule has 0 radical (unpaired) electrons. The molecule has 29 heavy (non-hydrogen) atoms. The number of carbonyl (C=O) groups is 2. The first-order valence-electron chi connectivity index (χ1n) is 9.19. The number of hydrogen-bond acceptors (Lipinski definition) is 5. The number of hydrogen-bond donors (Lipinski definition) is 0. The zero-order valence-corrected chi connectivity index (χ0v) is 15.9. The molecule has 2 amide bonds. The summed E-state index contributed by atoms with van der Waals surface area (Å²) < 4.78 is 0.